The third-order valence-electron chi connectivity index (χ3n) is 3.69. The van der Waals surface area contributed by atoms with Gasteiger partial charge in [0.25, 0.3) is 5.91 Å². The number of hydrazone groups is 1. The molecule has 0 saturated carbocycles. The number of benzene rings is 2. The molecule has 0 bridgehead atoms. The van der Waals surface area contributed by atoms with Crippen LogP contribution in [0.3, 0.4) is 0 Å². The molecule has 0 aliphatic rings. The van der Waals surface area contributed by atoms with Crippen molar-refractivity contribution in [2.24, 2.45) is 10.8 Å². The zero-order valence-corrected chi connectivity index (χ0v) is 18.0. The number of carbonyl (C=O) groups is 2. The minimum absolute atomic E-state index is 0.0581. The van der Waals surface area contributed by atoms with E-state index in [1.165, 1.54) is 6.21 Å². The minimum atomic E-state index is -0.415. The van der Waals surface area contributed by atoms with Gasteiger partial charge in [0.05, 0.1) is 25.0 Å². The number of anilines is 1. The maximum Gasteiger partial charge on any atom is 0.338 e. The van der Waals surface area contributed by atoms with Gasteiger partial charge in [0.2, 0.25) is 0 Å². The van der Waals surface area contributed by atoms with E-state index in [1.807, 2.05) is 6.92 Å². The van der Waals surface area contributed by atoms with E-state index in [2.05, 4.69) is 28.1 Å². The second-order valence-electron chi connectivity index (χ2n) is 6.01. The van der Waals surface area contributed by atoms with Gasteiger partial charge in [0.15, 0.2) is 23.2 Å². The lowest BCUT2D eigenvalue weighted by atomic mass is 10.2. The van der Waals surface area contributed by atoms with E-state index in [-0.39, 0.29) is 17.6 Å². The third kappa shape index (κ3) is 7.94. The molecule has 0 aliphatic carbocycles. The summed E-state index contributed by atoms with van der Waals surface area (Å²) in [7, 11) is 0. The van der Waals surface area contributed by atoms with Gasteiger partial charge in [-0.3, -0.25) is 10.2 Å². The van der Waals surface area contributed by atoms with Gasteiger partial charge in [-0.2, -0.15) is 5.10 Å². The molecule has 31 heavy (non-hydrogen) atoms. The lowest BCUT2D eigenvalue weighted by Crippen LogP contribution is -2.24. The number of carbonyl (C=O) groups excluding carboxylic acids is 2. The van der Waals surface area contributed by atoms with Crippen molar-refractivity contribution in [2.45, 2.75) is 13.8 Å². The summed E-state index contributed by atoms with van der Waals surface area (Å²) in [6, 6.07) is 11.5. The maximum absolute atomic E-state index is 12.2. The van der Waals surface area contributed by atoms with Crippen molar-refractivity contribution in [2.75, 3.05) is 25.1 Å². The van der Waals surface area contributed by atoms with Crippen LogP contribution in [0.2, 0.25) is 0 Å². The molecule has 164 valence electrons. The number of esters is 1. The predicted octanol–water partition coefficient (Wildman–Crippen LogP) is 2.45. The van der Waals surface area contributed by atoms with Gasteiger partial charge >= 0.3 is 5.97 Å². The van der Waals surface area contributed by atoms with E-state index >= 15 is 0 Å². The van der Waals surface area contributed by atoms with Crippen LogP contribution in [-0.2, 0) is 9.53 Å². The van der Waals surface area contributed by atoms with E-state index in [1.54, 1.807) is 49.4 Å². The van der Waals surface area contributed by atoms with E-state index in [9.17, 15) is 9.59 Å². The molecule has 0 fully saturated rings. The molecule has 0 aliphatic heterocycles. The SMILES string of the molecule is CCOC(=O)c1ccc(NC(=O)COc2ccc(/C=N\NC(N)=S)cc2OCC)cc1. The summed E-state index contributed by atoms with van der Waals surface area (Å²) in [5.41, 5.74) is 9.45. The predicted molar refractivity (Wildman–Crippen MR) is 122 cm³/mol. The van der Waals surface area contributed by atoms with Gasteiger partial charge in [-0.15, -0.1) is 0 Å². The lowest BCUT2D eigenvalue weighted by Gasteiger charge is -2.13. The molecular formula is C21H24N4O5S. The lowest BCUT2D eigenvalue weighted by molar-refractivity contribution is -0.118. The highest BCUT2D eigenvalue weighted by molar-refractivity contribution is 7.80. The Morgan fingerprint density at radius 2 is 1.81 bits per heavy atom. The minimum Gasteiger partial charge on any atom is -0.490 e. The average Bonchev–Trinajstić information content (AvgIpc) is 2.74. The van der Waals surface area contributed by atoms with Crippen LogP contribution in [0.5, 0.6) is 11.5 Å². The number of ether oxygens (including phenoxy) is 3. The van der Waals surface area contributed by atoms with Crippen LogP contribution in [0.25, 0.3) is 0 Å². The fourth-order valence-electron chi connectivity index (χ4n) is 2.41. The molecule has 0 saturated heterocycles. The molecule has 9 nitrogen and oxygen atoms in total. The molecule has 1 amide bonds. The Hall–Kier alpha value is -3.66. The quantitative estimate of drug-likeness (QED) is 0.221. The highest BCUT2D eigenvalue weighted by Gasteiger charge is 2.10. The fraction of sp³-hybridized carbons (Fsp3) is 0.238. The van der Waals surface area contributed by atoms with Crippen molar-refractivity contribution in [3.05, 3.63) is 53.6 Å². The molecule has 0 radical (unpaired) electrons. The second-order valence-corrected chi connectivity index (χ2v) is 6.45. The van der Waals surface area contributed by atoms with Crippen molar-refractivity contribution in [3.63, 3.8) is 0 Å². The van der Waals surface area contributed by atoms with Crippen LogP contribution < -0.4 is 25.9 Å². The Kier molecular flexibility index (Phi) is 9.24. The summed E-state index contributed by atoms with van der Waals surface area (Å²) in [4.78, 5) is 23.9. The molecular weight excluding hydrogens is 420 g/mol. The maximum atomic E-state index is 12.2. The van der Waals surface area contributed by atoms with E-state index < -0.39 is 5.97 Å². The first kappa shape index (κ1) is 23.6. The molecule has 0 heterocycles. The molecule has 2 aromatic rings. The molecule has 0 spiro atoms. The molecule has 0 aromatic heterocycles. The number of nitrogens with one attached hydrogen (secondary N) is 2. The van der Waals surface area contributed by atoms with Crippen LogP contribution in [0, 0.1) is 0 Å². The van der Waals surface area contributed by atoms with Crippen LogP contribution in [0.4, 0.5) is 5.69 Å². The van der Waals surface area contributed by atoms with Gasteiger partial charge in [-0.25, -0.2) is 4.79 Å². The monoisotopic (exact) mass is 444 g/mol. The van der Waals surface area contributed by atoms with Gasteiger partial charge < -0.3 is 25.3 Å². The topological polar surface area (TPSA) is 124 Å². The molecule has 2 rings (SSSR count). The fourth-order valence-corrected chi connectivity index (χ4v) is 2.46. The molecule has 10 heteroatoms. The molecule has 2 aromatic carbocycles. The average molecular weight is 445 g/mol. The van der Waals surface area contributed by atoms with Crippen molar-refractivity contribution in [1.82, 2.24) is 5.43 Å². The van der Waals surface area contributed by atoms with E-state index in [4.69, 9.17) is 19.9 Å². The third-order valence-corrected chi connectivity index (χ3v) is 3.79. The molecule has 4 N–H and O–H groups in total. The highest BCUT2D eigenvalue weighted by Crippen LogP contribution is 2.28. The Labute approximate surface area is 185 Å². The number of rotatable bonds is 10. The summed E-state index contributed by atoms with van der Waals surface area (Å²) in [5.74, 6) is 0.0993. The number of nitrogens with two attached hydrogens (primary N) is 1. The number of hydrogen-bond donors (Lipinski definition) is 3. The number of amides is 1. The molecule has 0 unspecified atom stereocenters. The van der Waals surface area contributed by atoms with Crippen LogP contribution in [0.15, 0.2) is 47.6 Å². The first-order valence-electron chi connectivity index (χ1n) is 9.48. The van der Waals surface area contributed by atoms with Gasteiger partial charge in [-0.1, -0.05) is 0 Å². The highest BCUT2D eigenvalue weighted by atomic mass is 32.1. The van der Waals surface area contributed by atoms with Crippen molar-refractivity contribution in [1.29, 1.82) is 0 Å². The normalized spacial score (nSPS) is 10.4. The summed E-state index contributed by atoms with van der Waals surface area (Å²) < 4.78 is 16.1. The van der Waals surface area contributed by atoms with E-state index in [0.29, 0.717) is 36.0 Å². The largest absolute Gasteiger partial charge is 0.490 e. The van der Waals surface area contributed by atoms with Crippen molar-refractivity contribution < 1.29 is 23.8 Å². The standard InChI is InChI=1S/C21H24N4O5S/c1-3-28-18-11-14(12-23-25-21(22)31)5-10-17(18)30-13-19(26)24-16-8-6-15(7-9-16)20(27)29-4-2/h5-12H,3-4,13H2,1-2H3,(H,24,26)(H3,22,25,31)/b23-12-. The summed E-state index contributed by atoms with van der Waals surface area (Å²) in [6.45, 7) is 4.06. The zero-order valence-electron chi connectivity index (χ0n) is 17.2. The molecule has 0 atom stereocenters. The summed E-state index contributed by atoms with van der Waals surface area (Å²) >= 11 is 4.68. The van der Waals surface area contributed by atoms with Gasteiger partial charge in [0, 0.05) is 5.69 Å². The van der Waals surface area contributed by atoms with Crippen LogP contribution in [0.1, 0.15) is 29.8 Å². The number of hydrogen-bond acceptors (Lipinski definition) is 7. The van der Waals surface area contributed by atoms with Crippen LogP contribution >= 0.6 is 12.2 Å². The first-order chi connectivity index (χ1) is 14.9. The van der Waals surface area contributed by atoms with Gasteiger partial charge in [0.1, 0.15) is 0 Å². The smallest absolute Gasteiger partial charge is 0.338 e. The number of thiocarbonyl (C=S) groups is 1. The Morgan fingerprint density at radius 1 is 1.06 bits per heavy atom. The first-order valence-corrected chi connectivity index (χ1v) is 9.89. The summed E-state index contributed by atoms with van der Waals surface area (Å²) in [6.07, 6.45) is 1.53. The Bertz CT molecular complexity index is 947. The van der Waals surface area contributed by atoms with Crippen molar-refractivity contribution >= 4 is 41.1 Å². The van der Waals surface area contributed by atoms with Crippen molar-refractivity contribution in [3.8, 4) is 11.5 Å². The summed E-state index contributed by atoms with van der Waals surface area (Å²) in [5, 5.41) is 6.65. The van der Waals surface area contributed by atoms with Gasteiger partial charge in [-0.05, 0) is 74.1 Å². The van der Waals surface area contributed by atoms with Crippen LogP contribution in [-0.4, -0.2) is 43.0 Å². The second kappa shape index (κ2) is 12.1. The number of nitrogens with zero attached hydrogens (tertiary/aromatic N) is 1. The Balaban J connectivity index is 1.96. The zero-order chi connectivity index (χ0) is 22.6. The Morgan fingerprint density at radius 3 is 2.45 bits per heavy atom. The van der Waals surface area contributed by atoms with E-state index in [0.717, 1.165) is 5.56 Å².